The molecule has 1 aromatic rings. The molecule has 106 valence electrons. The van der Waals surface area contributed by atoms with Gasteiger partial charge in [0, 0.05) is 19.1 Å². The molecule has 0 spiro atoms. The minimum absolute atomic E-state index is 0.443. The third-order valence-corrected chi connectivity index (χ3v) is 4.28. The highest BCUT2D eigenvalue weighted by atomic mass is 15.3. The molecule has 2 rings (SSSR count). The first kappa shape index (κ1) is 14.3. The van der Waals surface area contributed by atoms with E-state index in [0.717, 1.165) is 11.5 Å². The molecule has 1 aromatic heterocycles. The maximum Gasteiger partial charge on any atom is 0.151 e. The molecule has 1 fully saturated rings. The number of nitrogens with zero attached hydrogens (tertiary/aromatic N) is 3. The Morgan fingerprint density at radius 2 is 1.84 bits per heavy atom. The van der Waals surface area contributed by atoms with Crippen LogP contribution in [-0.2, 0) is 0 Å². The van der Waals surface area contributed by atoms with E-state index in [1.165, 1.54) is 25.7 Å². The monoisotopic (exact) mass is 262 g/mol. The lowest BCUT2D eigenvalue weighted by Gasteiger charge is -2.35. The summed E-state index contributed by atoms with van der Waals surface area (Å²) in [5.41, 5.74) is 1.07. The van der Waals surface area contributed by atoms with Gasteiger partial charge in [0.15, 0.2) is 5.82 Å². The first-order valence-electron chi connectivity index (χ1n) is 7.35. The highest BCUT2D eigenvalue weighted by Gasteiger charge is 2.24. The Morgan fingerprint density at radius 3 is 2.32 bits per heavy atom. The fourth-order valence-corrected chi connectivity index (χ4v) is 2.77. The lowest BCUT2D eigenvalue weighted by Crippen LogP contribution is -2.40. The standard InChI is InChI=1S/C15H26N4/c1-11(2)14-9-10-15(18-17-14)19(4)13-7-5-12(16-3)6-8-13/h9-13,16H,5-8H2,1-4H3. The van der Waals surface area contributed by atoms with E-state index >= 15 is 0 Å². The van der Waals surface area contributed by atoms with Gasteiger partial charge in [-0.25, -0.2) is 0 Å². The van der Waals surface area contributed by atoms with Crippen molar-refractivity contribution in [3.8, 4) is 0 Å². The summed E-state index contributed by atoms with van der Waals surface area (Å²) in [6.07, 6.45) is 4.97. The van der Waals surface area contributed by atoms with Crippen molar-refractivity contribution in [2.24, 2.45) is 0 Å². The zero-order valence-electron chi connectivity index (χ0n) is 12.6. The van der Waals surface area contributed by atoms with Crippen LogP contribution < -0.4 is 10.2 Å². The van der Waals surface area contributed by atoms with Crippen molar-refractivity contribution in [2.75, 3.05) is 19.0 Å². The maximum absolute atomic E-state index is 4.37. The highest BCUT2D eigenvalue weighted by molar-refractivity contribution is 5.38. The fourth-order valence-electron chi connectivity index (χ4n) is 2.77. The molecule has 4 nitrogen and oxygen atoms in total. The van der Waals surface area contributed by atoms with Crippen molar-refractivity contribution in [3.63, 3.8) is 0 Å². The van der Waals surface area contributed by atoms with Crippen LogP contribution in [-0.4, -0.2) is 36.4 Å². The molecule has 0 aromatic carbocycles. The average Bonchev–Trinajstić information content (AvgIpc) is 2.46. The molecular formula is C15H26N4. The average molecular weight is 262 g/mol. The van der Waals surface area contributed by atoms with Crippen LogP contribution in [0.15, 0.2) is 12.1 Å². The van der Waals surface area contributed by atoms with Gasteiger partial charge in [0.05, 0.1) is 5.69 Å². The molecule has 0 unspecified atom stereocenters. The van der Waals surface area contributed by atoms with Gasteiger partial charge in [-0.15, -0.1) is 5.10 Å². The van der Waals surface area contributed by atoms with Gasteiger partial charge in [-0.05, 0) is 50.8 Å². The van der Waals surface area contributed by atoms with Gasteiger partial charge >= 0.3 is 0 Å². The van der Waals surface area contributed by atoms with E-state index in [9.17, 15) is 0 Å². The third-order valence-electron chi connectivity index (χ3n) is 4.28. The van der Waals surface area contributed by atoms with Crippen molar-refractivity contribution in [1.82, 2.24) is 15.5 Å². The van der Waals surface area contributed by atoms with Crippen molar-refractivity contribution >= 4 is 5.82 Å². The summed E-state index contributed by atoms with van der Waals surface area (Å²) >= 11 is 0. The van der Waals surface area contributed by atoms with Crippen LogP contribution in [0.25, 0.3) is 0 Å². The molecular weight excluding hydrogens is 236 g/mol. The van der Waals surface area contributed by atoms with Crippen LogP contribution in [0.2, 0.25) is 0 Å². The Morgan fingerprint density at radius 1 is 1.16 bits per heavy atom. The molecule has 0 bridgehead atoms. The molecule has 1 heterocycles. The first-order valence-corrected chi connectivity index (χ1v) is 7.35. The Bertz CT molecular complexity index is 380. The lowest BCUT2D eigenvalue weighted by atomic mass is 9.90. The number of aromatic nitrogens is 2. The minimum Gasteiger partial charge on any atom is -0.355 e. The zero-order valence-corrected chi connectivity index (χ0v) is 12.6. The molecule has 1 aliphatic carbocycles. The van der Waals surface area contributed by atoms with E-state index in [1.54, 1.807) is 0 Å². The molecule has 19 heavy (non-hydrogen) atoms. The van der Waals surface area contributed by atoms with Crippen LogP contribution in [0.3, 0.4) is 0 Å². The number of hydrogen-bond donors (Lipinski definition) is 1. The van der Waals surface area contributed by atoms with E-state index < -0.39 is 0 Å². The zero-order chi connectivity index (χ0) is 13.8. The van der Waals surface area contributed by atoms with E-state index in [-0.39, 0.29) is 0 Å². The van der Waals surface area contributed by atoms with Gasteiger partial charge < -0.3 is 10.2 Å². The summed E-state index contributed by atoms with van der Waals surface area (Å²) in [7, 11) is 4.20. The fraction of sp³-hybridized carbons (Fsp3) is 0.733. The molecule has 4 heteroatoms. The summed E-state index contributed by atoms with van der Waals surface area (Å²) < 4.78 is 0. The Labute approximate surface area is 116 Å². The molecule has 0 saturated heterocycles. The number of hydrogen-bond acceptors (Lipinski definition) is 4. The van der Waals surface area contributed by atoms with Gasteiger partial charge in [0.1, 0.15) is 0 Å². The van der Waals surface area contributed by atoms with Gasteiger partial charge in [0.2, 0.25) is 0 Å². The van der Waals surface area contributed by atoms with Crippen LogP contribution in [0.5, 0.6) is 0 Å². The SMILES string of the molecule is CNC1CCC(N(C)c2ccc(C(C)C)nn2)CC1. The molecule has 0 radical (unpaired) electrons. The van der Waals surface area contributed by atoms with E-state index in [1.807, 2.05) is 0 Å². The number of nitrogens with one attached hydrogen (secondary N) is 1. The summed E-state index contributed by atoms with van der Waals surface area (Å²) in [6.45, 7) is 4.29. The summed E-state index contributed by atoms with van der Waals surface area (Å²) in [4.78, 5) is 2.29. The first-order chi connectivity index (χ1) is 9.11. The molecule has 0 amide bonds. The van der Waals surface area contributed by atoms with E-state index in [4.69, 9.17) is 0 Å². The topological polar surface area (TPSA) is 41.0 Å². The second-order valence-corrected chi connectivity index (χ2v) is 5.88. The van der Waals surface area contributed by atoms with Crippen molar-refractivity contribution in [3.05, 3.63) is 17.8 Å². The lowest BCUT2D eigenvalue weighted by molar-refractivity contribution is 0.350. The van der Waals surface area contributed by atoms with E-state index in [2.05, 4.69) is 60.5 Å². The van der Waals surface area contributed by atoms with Crippen molar-refractivity contribution in [1.29, 1.82) is 0 Å². The molecule has 1 N–H and O–H groups in total. The molecule has 1 saturated carbocycles. The second kappa shape index (κ2) is 6.33. The summed E-state index contributed by atoms with van der Waals surface area (Å²) in [5, 5.41) is 12.1. The van der Waals surface area contributed by atoms with Gasteiger partial charge in [-0.3, -0.25) is 0 Å². The highest BCUT2D eigenvalue weighted by Crippen LogP contribution is 2.25. The summed E-state index contributed by atoms with van der Waals surface area (Å²) in [5.74, 6) is 1.44. The van der Waals surface area contributed by atoms with Gasteiger partial charge in [-0.1, -0.05) is 13.8 Å². The van der Waals surface area contributed by atoms with Crippen LogP contribution in [0.4, 0.5) is 5.82 Å². The third kappa shape index (κ3) is 3.44. The number of anilines is 1. The predicted octanol–water partition coefficient (Wildman–Crippen LogP) is 2.57. The van der Waals surface area contributed by atoms with Crippen LogP contribution in [0.1, 0.15) is 51.1 Å². The summed E-state index contributed by atoms with van der Waals surface area (Å²) in [6, 6.07) is 5.50. The minimum atomic E-state index is 0.443. The maximum atomic E-state index is 4.37. The molecule has 0 atom stereocenters. The molecule has 0 aliphatic heterocycles. The predicted molar refractivity (Wildman–Crippen MR) is 79.6 cm³/mol. The van der Waals surface area contributed by atoms with Crippen molar-refractivity contribution in [2.45, 2.75) is 57.5 Å². The van der Waals surface area contributed by atoms with Crippen LogP contribution in [0, 0.1) is 0 Å². The van der Waals surface area contributed by atoms with Crippen LogP contribution >= 0.6 is 0 Å². The normalized spacial score (nSPS) is 23.6. The van der Waals surface area contributed by atoms with E-state index in [0.29, 0.717) is 18.0 Å². The molecule has 1 aliphatic rings. The Hall–Kier alpha value is -1.16. The second-order valence-electron chi connectivity index (χ2n) is 5.88. The number of rotatable bonds is 4. The quantitative estimate of drug-likeness (QED) is 0.905. The van der Waals surface area contributed by atoms with Crippen molar-refractivity contribution < 1.29 is 0 Å². The Balaban J connectivity index is 1.97. The van der Waals surface area contributed by atoms with Gasteiger partial charge in [0.25, 0.3) is 0 Å². The smallest absolute Gasteiger partial charge is 0.151 e. The largest absolute Gasteiger partial charge is 0.355 e. The Kier molecular flexibility index (Phi) is 4.75. The van der Waals surface area contributed by atoms with Gasteiger partial charge in [-0.2, -0.15) is 5.10 Å².